The average molecular weight is 231 g/mol. The summed E-state index contributed by atoms with van der Waals surface area (Å²) in [4.78, 5) is 0. The molecule has 0 amide bonds. The lowest BCUT2D eigenvalue weighted by Crippen LogP contribution is -2.35. The van der Waals surface area contributed by atoms with Crippen LogP contribution in [0, 0.1) is 6.92 Å². The second kappa shape index (κ2) is 6.53. The van der Waals surface area contributed by atoms with E-state index in [0.29, 0.717) is 6.26 Å². The van der Waals surface area contributed by atoms with Crippen molar-refractivity contribution in [3.8, 4) is 0 Å². The number of rotatable bonds is 2. The van der Waals surface area contributed by atoms with Gasteiger partial charge in [-0.05, 0) is 0 Å². The maximum Gasteiger partial charge on any atom is 0.178 e. The first kappa shape index (κ1) is 14.1. The minimum absolute atomic E-state index is 0.604. The Morgan fingerprint density at radius 1 is 1.40 bits per heavy atom. The molecule has 5 heteroatoms. The van der Waals surface area contributed by atoms with E-state index < -0.39 is 10.1 Å². The summed E-state index contributed by atoms with van der Waals surface area (Å²) in [6.45, 7) is 5.46. The number of hydrogen-bond donors (Lipinski definition) is 0. The fraction of sp³-hybridized carbons (Fsp3) is 0.500. The minimum Gasteiger partial charge on any atom is -0.748 e. The van der Waals surface area contributed by atoms with Crippen molar-refractivity contribution >= 4 is 10.1 Å². The van der Waals surface area contributed by atoms with Crippen molar-refractivity contribution in [1.82, 2.24) is 0 Å². The lowest BCUT2D eigenvalue weighted by molar-refractivity contribution is -0.702. The normalized spacial score (nSPS) is 10.4. The molecule has 0 aliphatic rings. The highest BCUT2D eigenvalue weighted by atomic mass is 32.2. The van der Waals surface area contributed by atoms with Crippen molar-refractivity contribution in [2.24, 2.45) is 0 Å². The van der Waals surface area contributed by atoms with E-state index in [2.05, 4.69) is 42.8 Å². The standard InChI is InChI=1S/C9H14N.CH4O3S/c1-3-7-10-8-5-4-6-9(10)2;1-5(2,3)4/h4-6,8H,3,7H2,1-2H3;1H3,(H,2,3,4)/q+1;/p-1. The zero-order valence-electron chi connectivity index (χ0n) is 9.30. The van der Waals surface area contributed by atoms with E-state index >= 15 is 0 Å². The second-order valence-electron chi connectivity index (χ2n) is 3.24. The molecule has 0 aliphatic carbocycles. The van der Waals surface area contributed by atoms with Gasteiger partial charge in [-0.25, -0.2) is 13.0 Å². The van der Waals surface area contributed by atoms with E-state index in [4.69, 9.17) is 13.0 Å². The van der Waals surface area contributed by atoms with Gasteiger partial charge < -0.3 is 4.55 Å². The molecule has 0 atom stereocenters. The lowest BCUT2D eigenvalue weighted by atomic mass is 10.3. The van der Waals surface area contributed by atoms with Gasteiger partial charge in [-0.3, -0.25) is 0 Å². The Kier molecular flexibility index (Phi) is 6.12. The molecule has 1 rings (SSSR count). The SMILES string of the molecule is CCC[n+]1ccccc1C.CS(=O)(=O)[O-]. The first-order chi connectivity index (χ1) is 6.84. The summed E-state index contributed by atoms with van der Waals surface area (Å²) in [6, 6.07) is 6.28. The van der Waals surface area contributed by atoms with Gasteiger partial charge >= 0.3 is 0 Å². The van der Waals surface area contributed by atoms with E-state index in [1.165, 1.54) is 12.1 Å². The van der Waals surface area contributed by atoms with Gasteiger partial charge in [0.25, 0.3) is 0 Å². The van der Waals surface area contributed by atoms with Crippen molar-refractivity contribution in [2.75, 3.05) is 6.26 Å². The summed E-state index contributed by atoms with van der Waals surface area (Å²) in [6.07, 6.45) is 3.93. The summed E-state index contributed by atoms with van der Waals surface area (Å²) in [5.74, 6) is 0. The Labute approximate surface area is 91.3 Å². The first-order valence-electron chi connectivity index (χ1n) is 4.70. The molecule has 0 saturated carbocycles. The van der Waals surface area contributed by atoms with E-state index in [-0.39, 0.29) is 0 Å². The molecule has 0 N–H and O–H groups in total. The summed E-state index contributed by atoms with van der Waals surface area (Å²) < 4.78 is 29.5. The highest BCUT2D eigenvalue weighted by molar-refractivity contribution is 7.84. The second-order valence-corrected chi connectivity index (χ2v) is 4.65. The van der Waals surface area contributed by atoms with E-state index in [0.717, 1.165) is 6.54 Å². The van der Waals surface area contributed by atoms with Crippen molar-refractivity contribution < 1.29 is 17.5 Å². The molecule has 86 valence electrons. The number of hydrogen-bond acceptors (Lipinski definition) is 3. The highest BCUT2D eigenvalue weighted by Gasteiger charge is 1.99. The predicted molar refractivity (Wildman–Crippen MR) is 57.3 cm³/mol. The molecule has 0 aliphatic heterocycles. The topological polar surface area (TPSA) is 61.1 Å². The van der Waals surface area contributed by atoms with Gasteiger partial charge in [0.1, 0.15) is 6.54 Å². The maximum atomic E-state index is 9.08. The number of pyridine rings is 1. The monoisotopic (exact) mass is 231 g/mol. The Morgan fingerprint density at radius 2 is 1.93 bits per heavy atom. The molecule has 0 aromatic carbocycles. The Morgan fingerprint density at radius 3 is 2.33 bits per heavy atom. The van der Waals surface area contributed by atoms with Crippen LogP contribution >= 0.6 is 0 Å². The average Bonchev–Trinajstić information content (AvgIpc) is 2.06. The van der Waals surface area contributed by atoms with Crippen LogP contribution < -0.4 is 4.57 Å². The summed E-state index contributed by atoms with van der Waals surface area (Å²) in [5.41, 5.74) is 1.34. The molecule has 0 spiro atoms. The third-order valence-electron chi connectivity index (χ3n) is 1.63. The van der Waals surface area contributed by atoms with E-state index in [1.54, 1.807) is 0 Å². The molecular weight excluding hydrogens is 214 g/mol. The summed E-state index contributed by atoms with van der Waals surface area (Å²) in [7, 11) is -3.92. The van der Waals surface area contributed by atoms with Crippen LogP contribution in [0.2, 0.25) is 0 Å². The van der Waals surface area contributed by atoms with Gasteiger partial charge in [0.2, 0.25) is 0 Å². The van der Waals surface area contributed by atoms with Crippen molar-refractivity contribution in [1.29, 1.82) is 0 Å². The predicted octanol–water partition coefficient (Wildman–Crippen LogP) is 0.854. The fourth-order valence-corrected chi connectivity index (χ4v) is 1.05. The van der Waals surface area contributed by atoms with E-state index in [1.807, 2.05) is 0 Å². The van der Waals surface area contributed by atoms with Crippen LogP contribution in [0.4, 0.5) is 0 Å². The molecule has 4 nitrogen and oxygen atoms in total. The summed E-state index contributed by atoms with van der Waals surface area (Å²) >= 11 is 0. The lowest BCUT2D eigenvalue weighted by Gasteiger charge is -1.95. The molecule has 0 radical (unpaired) electrons. The van der Waals surface area contributed by atoms with Gasteiger partial charge in [0, 0.05) is 31.7 Å². The molecule has 15 heavy (non-hydrogen) atoms. The molecule has 0 fully saturated rings. The van der Waals surface area contributed by atoms with Crippen LogP contribution in [0.15, 0.2) is 24.4 Å². The largest absolute Gasteiger partial charge is 0.748 e. The third kappa shape index (κ3) is 9.37. The van der Waals surface area contributed by atoms with Crippen molar-refractivity contribution in [3.63, 3.8) is 0 Å². The number of aryl methyl sites for hydroxylation is 2. The first-order valence-corrected chi connectivity index (χ1v) is 6.52. The van der Waals surface area contributed by atoms with Gasteiger partial charge in [-0.1, -0.05) is 13.0 Å². The Hall–Kier alpha value is -0.940. The van der Waals surface area contributed by atoms with Crippen LogP contribution in [0.25, 0.3) is 0 Å². The highest BCUT2D eigenvalue weighted by Crippen LogP contribution is 1.87. The summed E-state index contributed by atoms with van der Waals surface area (Å²) in [5, 5.41) is 0. The molecule has 0 saturated heterocycles. The molecule has 1 aromatic heterocycles. The van der Waals surface area contributed by atoms with Gasteiger partial charge in [-0.15, -0.1) is 0 Å². The number of nitrogens with zero attached hydrogens (tertiary/aromatic N) is 1. The van der Waals surface area contributed by atoms with Crippen LogP contribution in [0.3, 0.4) is 0 Å². The van der Waals surface area contributed by atoms with Crippen LogP contribution in [0.1, 0.15) is 19.0 Å². The van der Waals surface area contributed by atoms with Gasteiger partial charge in [0.05, 0.1) is 10.1 Å². The van der Waals surface area contributed by atoms with Crippen LogP contribution in [-0.4, -0.2) is 19.2 Å². The van der Waals surface area contributed by atoms with E-state index in [9.17, 15) is 0 Å². The maximum absolute atomic E-state index is 9.08. The Balaban J connectivity index is 0.000000336. The Bertz CT molecular complexity index is 379. The quantitative estimate of drug-likeness (QED) is 0.560. The number of aromatic nitrogens is 1. The van der Waals surface area contributed by atoms with Gasteiger partial charge in [-0.2, -0.15) is 0 Å². The van der Waals surface area contributed by atoms with Crippen LogP contribution in [0.5, 0.6) is 0 Å². The third-order valence-corrected chi connectivity index (χ3v) is 1.63. The van der Waals surface area contributed by atoms with Crippen molar-refractivity contribution in [2.45, 2.75) is 26.8 Å². The van der Waals surface area contributed by atoms with Gasteiger partial charge in [0.15, 0.2) is 11.9 Å². The fourth-order valence-electron chi connectivity index (χ4n) is 1.05. The molecule has 0 bridgehead atoms. The minimum atomic E-state index is -3.92. The molecular formula is C10H17NO3S. The molecule has 1 aromatic rings. The molecule has 1 heterocycles. The zero-order chi connectivity index (χ0) is 11.9. The smallest absolute Gasteiger partial charge is 0.178 e. The molecule has 0 unspecified atom stereocenters. The van der Waals surface area contributed by atoms with Crippen LogP contribution in [-0.2, 0) is 16.7 Å². The van der Waals surface area contributed by atoms with Crippen molar-refractivity contribution in [3.05, 3.63) is 30.1 Å². The zero-order valence-corrected chi connectivity index (χ0v) is 10.1.